The number of nitrogens with zero attached hydrogens (tertiary/aromatic N) is 2. The van der Waals surface area contributed by atoms with Crippen LogP contribution in [0.5, 0.6) is 0 Å². The van der Waals surface area contributed by atoms with E-state index in [-0.39, 0.29) is 0 Å². The van der Waals surface area contributed by atoms with Crippen molar-refractivity contribution >= 4 is 49.6 Å². The lowest BCUT2D eigenvalue weighted by Crippen LogP contribution is -2.11. The molecule has 0 aliphatic heterocycles. The fourth-order valence-corrected chi connectivity index (χ4v) is 9.06. The molecule has 0 saturated carbocycles. The largest absolute Gasteiger partial charge is 0.310 e. The van der Waals surface area contributed by atoms with Gasteiger partial charge in [0.2, 0.25) is 0 Å². The van der Waals surface area contributed by atoms with Gasteiger partial charge in [-0.05, 0) is 92.7 Å². The summed E-state index contributed by atoms with van der Waals surface area (Å²) in [6.07, 6.45) is 0. The van der Waals surface area contributed by atoms with E-state index in [4.69, 9.17) is 0 Å². The van der Waals surface area contributed by atoms with Crippen LogP contribution in [0.15, 0.2) is 243 Å². The summed E-state index contributed by atoms with van der Waals surface area (Å²) >= 11 is 0. The van der Waals surface area contributed by atoms with Crippen molar-refractivity contribution < 1.29 is 0 Å². The highest BCUT2D eigenvalue weighted by Gasteiger charge is 2.21. The van der Waals surface area contributed by atoms with Crippen LogP contribution in [0.1, 0.15) is 0 Å². The summed E-state index contributed by atoms with van der Waals surface area (Å²) in [5.74, 6) is 0. The van der Waals surface area contributed by atoms with Crippen LogP contribution in [0.2, 0.25) is 0 Å². The normalized spacial score (nSPS) is 11.3. The predicted molar refractivity (Wildman–Crippen MR) is 255 cm³/mol. The minimum absolute atomic E-state index is 1.08. The summed E-state index contributed by atoms with van der Waals surface area (Å²) in [6.45, 7) is 0. The Kier molecular flexibility index (Phi) is 8.87. The highest BCUT2D eigenvalue weighted by Crippen LogP contribution is 2.46. The van der Waals surface area contributed by atoms with Crippen LogP contribution in [-0.4, -0.2) is 4.57 Å². The number of hydrogen-bond donors (Lipinski definition) is 0. The van der Waals surface area contributed by atoms with E-state index in [1.165, 1.54) is 60.4 Å². The molecule has 282 valence electrons. The molecule has 1 heterocycles. The summed E-state index contributed by atoms with van der Waals surface area (Å²) in [5.41, 5.74) is 16.3. The number of fused-ring (bicyclic) bond motifs is 4. The summed E-state index contributed by atoms with van der Waals surface area (Å²) in [7, 11) is 0. The molecule has 0 aliphatic carbocycles. The van der Waals surface area contributed by atoms with E-state index in [1.54, 1.807) is 0 Å². The van der Waals surface area contributed by atoms with Gasteiger partial charge in [-0.1, -0.05) is 194 Å². The van der Waals surface area contributed by atoms with Gasteiger partial charge in [-0.2, -0.15) is 0 Å². The van der Waals surface area contributed by atoms with Gasteiger partial charge < -0.3 is 9.47 Å². The highest BCUT2D eigenvalue weighted by atomic mass is 15.1. The van der Waals surface area contributed by atoms with E-state index < -0.39 is 0 Å². The molecule has 0 atom stereocenters. The quantitative estimate of drug-likeness (QED) is 0.150. The molecule has 0 amide bonds. The Labute approximate surface area is 350 Å². The van der Waals surface area contributed by atoms with Crippen LogP contribution in [0.25, 0.3) is 82.8 Å². The molecule has 0 aliphatic rings. The molecule has 0 fully saturated rings. The van der Waals surface area contributed by atoms with Gasteiger partial charge in [0.05, 0.1) is 22.4 Å². The third-order valence-electron chi connectivity index (χ3n) is 11.8. The smallest absolute Gasteiger partial charge is 0.0541 e. The third kappa shape index (κ3) is 6.14. The van der Waals surface area contributed by atoms with E-state index in [9.17, 15) is 0 Å². The Bertz CT molecular complexity index is 3250. The fraction of sp³-hybridized carbons (Fsp3) is 0. The van der Waals surface area contributed by atoms with Crippen molar-refractivity contribution in [3.8, 4) is 50.2 Å². The number of aromatic nitrogens is 1. The molecule has 60 heavy (non-hydrogen) atoms. The van der Waals surface area contributed by atoms with Crippen molar-refractivity contribution in [1.82, 2.24) is 4.57 Å². The summed E-state index contributed by atoms with van der Waals surface area (Å²) < 4.78 is 2.43. The lowest BCUT2D eigenvalue weighted by molar-refractivity contribution is 1.18. The van der Waals surface area contributed by atoms with E-state index in [0.29, 0.717) is 0 Å². The molecule has 0 radical (unpaired) electrons. The first kappa shape index (κ1) is 35.2. The fourth-order valence-electron chi connectivity index (χ4n) is 9.06. The maximum Gasteiger partial charge on any atom is 0.0541 e. The molecular weight excluding hydrogens is 725 g/mol. The Morgan fingerprint density at radius 1 is 0.283 bits per heavy atom. The lowest BCUT2D eigenvalue weighted by atomic mass is 9.92. The van der Waals surface area contributed by atoms with Crippen LogP contribution in [0.3, 0.4) is 0 Å². The second-order valence-corrected chi connectivity index (χ2v) is 15.3. The molecule has 0 spiro atoms. The molecular formula is C58H40N2. The van der Waals surface area contributed by atoms with Crippen LogP contribution in [-0.2, 0) is 0 Å². The molecule has 1 aromatic heterocycles. The minimum Gasteiger partial charge on any atom is -0.310 e. The van der Waals surface area contributed by atoms with Crippen molar-refractivity contribution in [1.29, 1.82) is 0 Å². The third-order valence-corrected chi connectivity index (χ3v) is 11.8. The van der Waals surface area contributed by atoms with Gasteiger partial charge >= 0.3 is 0 Å². The Hall–Kier alpha value is -7.94. The SMILES string of the molecule is c1ccc(-c2cc(N(c3ccccc3)c3ccccc3-c3ccc(-c4cccc5ccccc45)cc3)ccc2-c2ccccc2-n2c3ccccc3c3ccccc32)cc1. The van der Waals surface area contributed by atoms with Gasteiger partial charge in [-0.15, -0.1) is 0 Å². The van der Waals surface area contributed by atoms with E-state index >= 15 is 0 Å². The monoisotopic (exact) mass is 764 g/mol. The number of benzene rings is 10. The summed E-state index contributed by atoms with van der Waals surface area (Å²) in [6, 6.07) is 87.9. The van der Waals surface area contributed by atoms with Crippen LogP contribution in [0.4, 0.5) is 17.1 Å². The van der Waals surface area contributed by atoms with Gasteiger partial charge in [0.25, 0.3) is 0 Å². The van der Waals surface area contributed by atoms with Crippen LogP contribution < -0.4 is 4.90 Å². The summed E-state index contributed by atoms with van der Waals surface area (Å²) in [5, 5.41) is 5.02. The van der Waals surface area contributed by atoms with Gasteiger partial charge in [0.15, 0.2) is 0 Å². The first-order valence-electron chi connectivity index (χ1n) is 20.6. The lowest BCUT2D eigenvalue weighted by Gasteiger charge is -2.29. The zero-order valence-corrected chi connectivity index (χ0v) is 33.0. The Balaban J connectivity index is 1.08. The van der Waals surface area contributed by atoms with E-state index in [2.05, 4.69) is 252 Å². The van der Waals surface area contributed by atoms with E-state index in [1.807, 2.05) is 0 Å². The van der Waals surface area contributed by atoms with Gasteiger partial charge in [0.1, 0.15) is 0 Å². The predicted octanol–water partition coefficient (Wildman–Crippen LogP) is 16.1. The standard InChI is InChI=1S/C58H40N2/c1-3-18-42(19-4-1)54-40-46(38-39-50(54)51-26-10-14-31-56(51)60-57-32-15-11-27-52(57)53-28-12-16-33-58(53)60)59(45-22-5-2-6-23-45)55-30-13-9-25-49(55)44-36-34-43(35-37-44)48-29-17-21-41-20-7-8-24-47(41)48/h1-40H. The molecule has 10 aromatic carbocycles. The van der Waals surface area contributed by atoms with Gasteiger partial charge in [0, 0.05) is 33.3 Å². The molecule has 0 saturated heterocycles. The van der Waals surface area contributed by atoms with Crippen LogP contribution in [0, 0.1) is 0 Å². The maximum absolute atomic E-state index is 2.43. The number of hydrogen-bond acceptors (Lipinski definition) is 1. The molecule has 2 nitrogen and oxygen atoms in total. The Morgan fingerprint density at radius 3 is 1.53 bits per heavy atom. The van der Waals surface area contributed by atoms with Crippen molar-refractivity contribution in [3.05, 3.63) is 243 Å². The molecule has 2 heteroatoms. The number of rotatable bonds is 8. The molecule has 11 aromatic rings. The second-order valence-electron chi connectivity index (χ2n) is 15.3. The summed E-state index contributed by atoms with van der Waals surface area (Å²) in [4.78, 5) is 2.41. The molecule has 11 rings (SSSR count). The Morgan fingerprint density at radius 2 is 0.800 bits per heavy atom. The second kappa shape index (κ2) is 15.1. The average Bonchev–Trinajstić information content (AvgIpc) is 3.66. The average molecular weight is 765 g/mol. The molecule has 0 bridgehead atoms. The topological polar surface area (TPSA) is 8.17 Å². The zero-order chi connectivity index (χ0) is 39.8. The first-order valence-corrected chi connectivity index (χ1v) is 20.6. The minimum atomic E-state index is 1.08. The van der Waals surface area contributed by atoms with Crippen molar-refractivity contribution in [2.24, 2.45) is 0 Å². The van der Waals surface area contributed by atoms with Gasteiger partial charge in [-0.3, -0.25) is 0 Å². The van der Waals surface area contributed by atoms with Crippen molar-refractivity contribution in [2.75, 3.05) is 4.90 Å². The van der Waals surface area contributed by atoms with Gasteiger partial charge in [-0.25, -0.2) is 0 Å². The van der Waals surface area contributed by atoms with Crippen molar-refractivity contribution in [3.63, 3.8) is 0 Å². The zero-order valence-electron chi connectivity index (χ0n) is 33.0. The number of para-hydroxylation sites is 5. The molecule has 0 N–H and O–H groups in total. The van der Waals surface area contributed by atoms with E-state index in [0.717, 1.165) is 39.4 Å². The van der Waals surface area contributed by atoms with Crippen molar-refractivity contribution in [2.45, 2.75) is 0 Å². The molecule has 0 unspecified atom stereocenters. The highest BCUT2D eigenvalue weighted by molar-refractivity contribution is 6.10. The first-order chi connectivity index (χ1) is 29.8. The van der Waals surface area contributed by atoms with Crippen LogP contribution >= 0.6 is 0 Å². The maximum atomic E-state index is 2.43. The number of anilines is 3.